The van der Waals surface area contributed by atoms with Gasteiger partial charge >= 0.3 is 5.97 Å². The topological polar surface area (TPSA) is 111 Å². The predicted octanol–water partition coefficient (Wildman–Crippen LogP) is 4.53. The van der Waals surface area contributed by atoms with E-state index in [0.717, 1.165) is 32.1 Å². The molecule has 2 aromatic carbocycles. The smallest absolute Gasteiger partial charge is 0.340 e. The molecular weight excluding hydrogens is 568 g/mol. The van der Waals surface area contributed by atoms with Crippen LogP contribution in [0.15, 0.2) is 48.6 Å². The molecule has 2 bridgehead atoms. The molecule has 6 atom stereocenters. The molecule has 1 amide bonds. The van der Waals surface area contributed by atoms with Crippen LogP contribution in [0.1, 0.15) is 55.7 Å². The van der Waals surface area contributed by atoms with Crippen LogP contribution in [0.3, 0.4) is 0 Å². The molecule has 1 saturated carbocycles. The quantitative estimate of drug-likeness (QED) is 0.408. The molecule has 1 spiro atoms. The Bertz CT molecular complexity index is 1450. The lowest BCUT2D eigenvalue weighted by atomic mass is 9.68. The number of anilines is 1. The van der Waals surface area contributed by atoms with Gasteiger partial charge in [-0.3, -0.25) is 4.79 Å². The number of aryl methyl sites for hydroxylation is 1. The number of hydrogen-bond donors (Lipinski definition) is 3. The molecule has 4 aliphatic rings. The highest BCUT2D eigenvalue weighted by molar-refractivity contribution is 6.30. The minimum absolute atomic E-state index is 0.0543. The van der Waals surface area contributed by atoms with Gasteiger partial charge in [0, 0.05) is 37.1 Å². The van der Waals surface area contributed by atoms with E-state index in [1.54, 1.807) is 25.2 Å². The molecule has 0 unspecified atom stereocenters. The zero-order valence-corrected chi connectivity index (χ0v) is 25.6. The maximum Gasteiger partial charge on any atom is 0.340 e. The van der Waals surface area contributed by atoms with Gasteiger partial charge in [0.2, 0.25) is 5.91 Å². The Morgan fingerprint density at radius 1 is 1.12 bits per heavy atom. The van der Waals surface area contributed by atoms with Crippen LogP contribution in [0.2, 0.25) is 5.02 Å². The fraction of sp³-hybridized carbons (Fsp3) is 0.529. The number of amides is 1. The number of rotatable bonds is 1. The average Bonchev–Trinajstić information content (AvgIpc) is 3.10. The first-order valence-electron chi connectivity index (χ1n) is 15.4. The second-order valence-corrected chi connectivity index (χ2v) is 13.7. The number of carboxylic acid groups (broad SMARTS) is 1. The molecule has 6 rings (SSSR count). The lowest BCUT2D eigenvalue weighted by Gasteiger charge is -2.45. The summed E-state index contributed by atoms with van der Waals surface area (Å²) in [6.07, 6.45) is 7.36. The molecule has 1 fully saturated rings. The van der Waals surface area contributed by atoms with Crippen LogP contribution >= 0.6 is 11.6 Å². The summed E-state index contributed by atoms with van der Waals surface area (Å²) in [5.74, 6) is -1.07. The van der Waals surface area contributed by atoms with Gasteiger partial charge in [-0.2, -0.15) is 0 Å². The molecule has 8 nitrogen and oxygen atoms in total. The normalized spacial score (nSPS) is 33.5. The van der Waals surface area contributed by atoms with E-state index in [1.165, 1.54) is 16.0 Å². The number of ether oxygens (including phenoxy) is 1. The summed E-state index contributed by atoms with van der Waals surface area (Å²) in [6, 6.07) is 11.1. The van der Waals surface area contributed by atoms with E-state index in [2.05, 4.69) is 17.0 Å². The summed E-state index contributed by atoms with van der Waals surface area (Å²) in [6.45, 7) is 4.04. The fourth-order valence-corrected chi connectivity index (χ4v) is 7.82. The lowest BCUT2D eigenvalue weighted by Crippen LogP contribution is -2.49. The summed E-state index contributed by atoms with van der Waals surface area (Å²) < 4.78 is 6.53. The molecular formula is C34H41ClN2O6. The van der Waals surface area contributed by atoms with Gasteiger partial charge in [0.25, 0.3) is 0 Å². The number of carbonyl (C=O) groups is 2. The third kappa shape index (κ3) is 5.54. The maximum atomic E-state index is 13.2. The van der Waals surface area contributed by atoms with Crippen LogP contribution in [0.4, 0.5) is 5.69 Å². The number of aliphatic hydroxyl groups is 2. The van der Waals surface area contributed by atoms with Crippen molar-refractivity contribution >= 4 is 29.2 Å². The standard InChI is InChI=1S/C34H41ClN2O6/c1-21-5-11-29(38)26-9-6-23(26)18-37-19-33(13-3-4-22-14-25(35)8-10-27(22)33)20-43-30-12-7-24(15-28(30)37)34(42,32(40)41)16-31(39)36(2)17-21/h5,7-8,10-12,14-15,21,23,26,29,38,42H,3-4,6,9,13,16-20H2,1-2H3,(H,40,41)/b11-5-/t21-,23+,26-,29+,33+,34-/m1/s1. The summed E-state index contributed by atoms with van der Waals surface area (Å²) in [5, 5.41) is 33.7. The van der Waals surface area contributed by atoms with Crippen LogP contribution in [-0.4, -0.2) is 71.5 Å². The van der Waals surface area contributed by atoms with Crippen molar-refractivity contribution in [3.8, 4) is 5.75 Å². The summed E-state index contributed by atoms with van der Waals surface area (Å²) in [5.41, 5.74) is 0.574. The molecule has 43 heavy (non-hydrogen) atoms. The average molecular weight is 609 g/mol. The monoisotopic (exact) mass is 608 g/mol. The second kappa shape index (κ2) is 11.5. The minimum Gasteiger partial charge on any atom is -0.490 e. The van der Waals surface area contributed by atoms with Crippen LogP contribution in [0, 0.1) is 17.8 Å². The first kappa shape index (κ1) is 30.0. The van der Waals surface area contributed by atoms with Gasteiger partial charge in [-0.05, 0) is 90.8 Å². The van der Waals surface area contributed by atoms with Crippen molar-refractivity contribution in [2.24, 2.45) is 17.8 Å². The van der Waals surface area contributed by atoms with Crippen molar-refractivity contribution in [1.29, 1.82) is 0 Å². The SMILES string of the molecule is C[C@@H]1/C=C\[C@H](O)[C@@H]2CC[C@H]2CN2C[C@@]3(CCCc4cc(Cl)ccc43)COc3ccc(cc32)[C@@](O)(C(=O)O)CC(=O)N(C)C1. The third-order valence-electron chi connectivity index (χ3n) is 10.3. The molecule has 2 heterocycles. The molecule has 3 N–H and O–H groups in total. The fourth-order valence-electron chi connectivity index (χ4n) is 7.62. The van der Waals surface area contributed by atoms with Crippen LogP contribution in [0.5, 0.6) is 5.75 Å². The first-order chi connectivity index (χ1) is 20.5. The maximum absolute atomic E-state index is 13.2. The number of carboxylic acids is 1. The zero-order valence-electron chi connectivity index (χ0n) is 24.8. The van der Waals surface area contributed by atoms with Gasteiger partial charge in [0.1, 0.15) is 5.75 Å². The molecule has 2 aliphatic heterocycles. The van der Waals surface area contributed by atoms with Gasteiger partial charge in [0.05, 0.1) is 24.8 Å². The minimum atomic E-state index is -2.41. The van der Waals surface area contributed by atoms with E-state index in [0.29, 0.717) is 42.7 Å². The zero-order chi connectivity index (χ0) is 30.5. The Morgan fingerprint density at radius 3 is 2.67 bits per heavy atom. The Hall–Kier alpha value is -3.07. The molecule has 0 saturated heterocycles. The number of nitrogens with zero attached hydrogens (tertiary/aromatic N) is 2. The Balaban J connectivity index is 1.46. The lowest BCUT2D eigenvalue weighted by molar-refractivity contribution is -0.164. The van der Waals surface area contributed by atoms with E-state index in [1.807, 2.05) is 25.1 Å². The van der Waals surface area contributed by atoms with Crippen LogP contribution < -0.4 is 9.64 Å². The molecule has 0 radical (unpaired) electrons. The highest BCUT2D eigenvalue weighted by Crippen LogP contribution is 2.47. The van der Waals surface area contributed by atoms with Crippen molar-refractivity contribution in [3.05, 3.63) is 70.3 Å². The number of halogens is 1. The number of fused-ring (bicyclic) bond motifs is 4. The van der Waals surface area contributed by atoms with Crippen molar-refractivity contribution in [3.63, 3.8) is 0 Å². The van der Waals surface area contributed by atoms with E-state index >= 15 is 0 Å². The Kier molecular flexibility index (Phi) is 7.98. The van der Waals surface area contributed by atoms with E-state index in [4.69, 9.17) is 16.3 Å². The van der Waals surface area contributed by atoms with Crippen molar-refractivity contribution < 1.29 is 29.6 Å². The Labute approximate surface area is 257 Å². The van der Waals surface area contributed by atoms with Crippen molar-refractivity contribution in [2.75, 3.05) is 38.2 Å². The second-order valence-electron chi connectivity index (χ2n) is 13.3. The van der Waals surface area contributed by atoms with E-state index in [9.17, 15) is 24.9 Å². The Morgan fingerprint density at radius 2 is 1.93 bits per heavy atom. The molecule has 2 aromatic rings. The van der Waals surface area contributed by atoms with Crippen molar-refractivity contribution in [1.82, 2.24) is 4.90 Å². The number of hydrogen-bond acceptors (Lipinski definition) is 6. The predicted molar refractivity (Wildman–Crippen MR) is 165 cm³/mol. The largest absolute Gasteiger partial charge is 0.490 e. The summed E-state index contributed by atoms with van der Waals surface area (Å²) in [4.78, 5) is 29.5. The highest BCUT2D eigenvalue weighted by Gasteiger charge is 2.46. The van der Waals surface area contributed by atoms with Gasteiger partial charge < -0.3 is 29.9 Å². The van der Waals surface area contributed by atoms with Gasteiger partial charge in [0.15, 0.2) is 5.60 Å². The number of carbonyl (C=O) groups excluding carboxylic acids is 1. The van der Waals surface area contributed by atoms with E-state index < -0.39 is 30.0 Å². The highest BCUT2D eigenvalue weighted by atomic mass is 35.5. The number of aliphatic carboxylic acids is 1. The number of benzene rings is 2. The van der Waals surface area contributed by atoms with Gasteiger partial charge in [-0.25, -0.2) is 4.79 Å². The van der Waals surface area contributed by atoms with Crippen LogP contribution in [0.25, 0.3) is 0 Å². The molecule has 9 heteroatoms. The molecule has 230 valence electrons. The first-order valence-corrected chi connectivity index (χ1v) is 15.7. The van der Waals surface area contributed by atoms with Gasteiger partial charge in [-0.15, -0.1) is 0 Å². The summed E-state index contributed by atoms with van der Waals surface area (Å²) >= 11 is 6.39. The van der Waals surface area contributed by atoms with Crippen LogP contribution in [-0.2, 0) is 27.0 Å². The van der Waals surface area contributed by atoms with Crippen molar-refractivity contribution in [2.45, 2.75) is 62.6 Å². The van der Waals surface area contributed by atoms with Gasteiger partial charge in [-0.1, -0.05) is 42.8 Å². The van der Waals surface area contributed by atoms with E-state index in [-0.39, 0.29) is 28.7 Å². The summed E-state index contributed by atoms with van der Waals surface area (Å²) in [7, 11) is 1.61. The number of aliphatic hydroxyl groups excluding tert-OH is 1. The third-order valence-corrected chi connectivity index (χ3v) is 10.5. The molecule has 2 aliphatic carbocycles. The molecule has 0 aromatic heterocycles.